The molecule has 0 aliphatic rings. The first kappa shape index (κ1) is 14.7. The number of carboxylic acids is 1. The summed E-state index contributed by atoms with van der Waals surface area (Å²) in [4.78, 5) is 10.7. The van der Waals surface area contributed by atoms with Gasteiger partial charge in [0.2, 0.25) is 0 Å². The lowest BCUT2D eigenvalue weighted by Crippen LogP contribution is -1.95. The summed E-state index contributed by atoms with van der Waals surface area (Å²) < 4.78 is 0. The van der Waals surface area contributed by atoms with Gasteiger partial charge < -0.3 is 5.11 Å². The van der Waals surface area contributed by atoms with Crippen LogP contribution in [-0.4, -0.2) is 11.1 Å². The number of halogens is 4. The zero-order valence-corrected chi connectivity index (χ0v) is 11.8. The van der Waals surface area contributed by atoms with Crippen LogP contribution in [0.5, 0.6) is 0 Å². The third-order valence-corrected chi connectivity index (χ3v) is 3.69. The molecule has 0 amide bonds. The van der Waals surface area contributed by atoms with Gasteiger partial charge in [0, 0.05) is 11.6 Å². The zero-order chi connectivity index (χ0) is 13.2. The van der Waals surface area contributed by atoms with E-state index >= 15 is 0 Å². The Morgan fingerprint density at radius 1 is 1.24 bits per heavy atom. The summed E-state index contributed by atoms with van der Waals surface area (Å²) in [6.07, 6.45) is 1.49. The Morgan fingerprint density at radius 2 is 1.71 bits per heavy atom. The van der Waals surface area contributed by atoms with Crippen LogP contribution in [-0.2, 0) is 4.79 Å². The van der Waals surface area contributed by atoms with Crippen molar-refractivity contribution in [3.63, 3.8) is 0 Å². The summed E-state index contributed by atoms with van der Waals surface area (Å²) in [5.74, 6) is -1.08. The van der Waals surface area contributed by atoms with Crippen LogP contribution in [0.25, 0.3) is 5.57 Å². The van der Waals surface area contributed by atoms with Gasteiger partial charge in [-0.25, -0.2) is 4.79 Å². The molecule has 0 heterocycles. The summed E-state index contributed by atoms with van der Waals surface area (Å²) in [6.45, 7) is 1.79. The monoisotopic (exact) mass is 312 g/mol. The molecule has 0 saturated carbocycles. The maximum atomic E-state index is 10.7. The van der Waals surface area contributed by atoms with E-state index in [0.29, 0.717) is 17.6 Å². The van der Waals surface area contributed by atoms with Crippen molar-refractivity contribution >= 4 is 57.9 Å². The van der Waals surface area contributed by atoms with E-state index in [4.69, 9.17) is 51.5 Å². The number of hydrogen-bond donors (Lipinski definition) is 1. The minimum atomic E-state index is -1.08. The van der Waals surface area contributed by atoms with Crippen LogP contribution in [0.15, 0.2) is 12.1 Å². The number of aliphatic carboxylic acids is 1. The predicted molar refractivity (Wildman–Crippen MR) is 72.4 cm³/mol. The summed E-state index contributed by atoms with van der Waals surface area (Å²) in [5.41, 5.74) is 0.840. The maximum Gasteiger partial charge on any atom is 0.328 e. The zero-order valence-electron chi connectivity index (χ0n) is 8.73. The van der Waals surface area contributed by atoms with Gasteiger partial charge in [-0.05, 0) is 18.1 Å². The van der Waals surface area contributed by atoms with Gasteiger partial charge in [0.15, 0.2) is 0 Å². The summed E-state index contributed by atoms with van der Waals surface area (Å²) in [7, 11) is 0. The van der Waals surface area contributed by atoms with Crippen LogP contribution >= 0.6 is 46.4 Å². The standard InChI is InChI=1S/C11H8Cl4O2/c1-2-5(3-8(16)17)9-10(14)6(12)4-7(13)11(9)15/h3-4H,2H2,1H3,(H,16,17)/b5-3+. The van der Waals surface area contributed by atoms with E-state index < -0.39 is 5.97 Å². The van der Waals surface area contributed by atoms with Crippen molar-refractivity contribution in [1.82, 2.24) is 0 Å². The molecule has 0 spiro atoms. The van der Waals surface area contributed by atoms with Crippen molar-refractivity contribution in [1.29, 1.82) is 0 Å². The van der Waals surface area contributed by atoms with Gasteiger partial charge in [-0.3, -0.25) is 0 Å². The lowest BCUT2D eigenvalue weighted by Gasteiger charge is -2.12. The molecule has 1 rings (SSSR count). The van der Waals surface area contributed by atoms with E-state index in [1.54, 1.807) is 6.92 Å². The molecule has 0 unspecified atom stereocenters. The van der Waals surface area contributed by atoms with Gasteiger partial charge in [-0.1, -0.05) is 53.3 Å². The lowest BCUT2D eigenvalue weighted by molar-refractivity contribution is -0.131. The third kappa shape index (κ3) is 3.29. The second-order valence-corrected chi connectivity index (χ2v) is 4.77. The van der Waals surface area contributed by atoms with Gasteiger partial charge in [-0.2, -0.15) is 0 Å². The molecule has 1 aromatic rings. The first-order valence-corrected chi connectivity index (χ1v) is 6.16. The fourth-order valence-corrected chi connectivity index (χ4v) is 2.41. The van der Waals surface area contributed by atoms with Gasteiger partial charge in [0.25, 0.3) is 0 Å². The van der Waals surface area contributed by atoms with Gasteiger partial charge in [0.05, 0.1) is 20.1 Å². The van der Waals surface area contributed by atoms with Crippen LogP contribution in [0.4, 0.5) is 0 Å². The molecule has 0 fully saturated rings. The quantitative estimate of drug-likeness (QED) is 0.616. The molecule has 2 nitrogen and oxygen atoms in total. The average molecular weight is 314 g/mol. The lowest BCUT2D eigenvalue weighted by atomic mass is 10.0. The molecule has 0 radical (unpaired) electrons. The van der Waals surface area contributed by atoms with E-state index in [1.807, 2.05) is 0 Å². The molecule has 0 saturated heterocycles. The Hall–Kier alpha value is -0.410. The summed E-state index contributed by atoms with van der Waals surface area (Å²) in [6, 6.07) is 1.42. The number of allylic oxidation sites excluding steroid dienone is 1. The van der Waals surface area contributed by atoms with E-state index in [1.165, 1.54) is 6.07 Å². The molecule has 1 N–H and O–H groups in total. The topological polar surface area (TPSA) is 37.3 Å². The fourth-order valence-electron chi connectivity index (χ4n) is 1.36. The molecular formula is C11H8Cl4O2. The largest absolute Gasteiger partial charge is 0.478 e. The fraction of sp³-hybridized carbons (Fsp3) is 0.182. The Balaban J connectivity index is 3.53. The van der Waals surface area contributed by atoms with Crippen LogP contribution in [0.2, 0.25) is 20.1 Å². The molecule has 17 heavy (non-hydrogen) atoms. The van der Waals surface area contributed by atoms with E-state index in [0.717, 1.165) is 6.08 Å². The van der Waals surface area contributed by atoms with E-state index in [9.17, 15) is 4.79 Å². The number of rotatable bonds is 3. The van der Waals surface area contributed by atoms with Crippen molar-refractivity contribution in [2.24, 2.45) is 0 Å². The second kappa shape index (κ2) is 5.96. The first-order valence-electron chi connectivity index (χ1n) is 4.65. The first-order chi connectivity index (χ1) is 7.88. The van der Waals surface area contributed by atoms with E-state index in [-0.39, 0.29) is 20.1 Å². The van der Waals surface area contributed by atoms with Crippen molar-refractivity contribution in [3.05, 3.63) is 37.8 Å². The number of benzene rings is 1. The highest BCUT2D eigenvalue weighted by Gasteiger charge is 2.17. The van der Waals surface area contributed by atoms with Crippen molar-refractivity contribution in [2.45, 2.75) is 13.3 Å². The molecule has 6 heteroatoms. The van der Waals surface area contributed by atoms with Crippen molar-refractivity contribution in [2.75, 3.05) is 0 Å². The van der Waals surface area contributed by atoms with E-state index in [2.05, 4.69) is 0 Å². The van der Waals surface area contributed by atoms with Crippen molar-refractivity contribution in [3.8, 4) is 0 Å². The molecule has 0 aliphatic heterocycles. The maximum absolute atomic E-state index is 10.7. The highest BCUT2D eigenvalue weighted by atomic mass is 35.5. The van der Waals surface area contributed by atoms with Crippen LogP contribution in [0, 0.1) is 0 Å². The predicted octanol–water partition coefficient (Wildman–Crippen LogP) is 5.18. The van der Waals surface area contributed by atoms with Gasteiger partial charge in [-0.15, -0.1) is 0 Å². The molecule has 0 bridgehead atoms. The molecule has 92 valence electrons. The number of carbonyl (C=O) groups is 1. The summed E-state index contributed by atoms with van der Waals surface area (Å²) >= 11 is 23.8. The smallest absolute Gasteiger partial charge is 0.328 e. The number of hydrogen-bond acceptors (Lipinski definition) is 1. The minimum Gasteiger partial charge on any atom is -0.478 e. The highest BCUT2D eigenvalue weighted by molar-refractivity contribution is 6.49. The Morgan fingerprint density at radius 3 is 2.06 bits per heavy atom. The Labute approximate surface area is 119 Å². The highest BCUT2D eigenvalue weighted by Crippen LogP contribution is 2.41. The molecule has 0 atom stereocenters. The van der Waals surface area contributed by atoms with Crippen LogP contribution in [0.3, 0.4) is 0 Å². The second-order valence-electron chi connectivity index (χ2n) is 3.20. The normalized spacial score (nSPS) is 11.7. The summed E-state index contributed by atoms with van der Waals surface area (Å²) in [5, 5.41) is 9.65. The average Bonchev–Trinajstić information content (AvgIpc) is 2.24. The molecule has 0 aromatic heterocycles. The molecule has 0 aliphatic carbocycles. The molecular weight excluding hydrogens is 306 g/mol. The van der Waals surface area contributed by atoms with Crippen molar-refractivity contribution < 1.29 is 9.90 Å². The van der Waals surface area contributed by atoms with Gasteiger partial charge >= 0.3 is 5.97 Å². The SMILES string of the molecule is CC/C(=C\C(=O)O)c1c(Cl)c(Cl)cc(Cl)c1Cl. The van der Waals surface area contributed by atoms with Gasteiger partial charge in [0.1, 0.15) is 0 Å². The third-order valence-electron chi connectivity index (χ3n) is 2.11. The minimum absolute atomic E-state index is 0.204. The Kier molecular flexibility index (Phi) is 5.14. The molecule has 1 aromatic carbocycles. The Bertz CT molecular complexity index is 468. The van der Waals surface area contributed by atoms with Crippen LogP contribution in [0.1, 0.15) is 18.9 Å². The number of carboxylic acid groups (broad SMARTS) is 1. The van der Waals surface area contributed by atoms with Crippen LogP contribution < -0.4 is 0 Å².